The average molecular weight is 128 g/mol. The van der Waals surface area contributed by atoms with E-state index in [4.69, 9.17) is 5.73 Å². The number of nitrogens with one attached hydrogen (secondary N) is 1. The maximum atomic E-state index is 10.6. The molecule has 0 rings (SSSR count). The molecule has 0 unspecified atom stereocenters. The van der Waals surface area contributed by atoms with E-state index in [-0.39, 0.29) is 5.78 Å². The summed E-state index contributed by atoms with van der Waals surface area (Å²) < 4.78 is 0. The van der Waals surface area contributed by atoms with Crippen molar-refractivity contribution in [1.82, 2.24) is 5.32 Å². The molecule has 0 aromatic rings. The topological polar surface area (TPSA) is 55.1 Å². The molecule has 0 aliphatic heterocycles. The third-order valence-corrected chi connectivity index (χ3v) is 0.996. The third-order valence-electron chi connectivity index (χ3n) is 0.996. The molecule has 0 aliphatic carbocycles. The molecular weight excluding hydrogens is 116 g/mol. The van der Waals surface area contributed by atoms with Crippen molar-refractivity contribution in [2.45, 2.75) is 13.8 Å². The molecule has 3 N–H and O–H groups in total. The number of nitrogens with two attached hydrogens (primary N) is 1. The van der Waals surface area contributed by atoms with Crippen molar-refractivity contribution < 1.29 is 4.79 Å². The summed E-state index contributed by atoms with van der Waals surface area (Å²) in [5.74, 6) is -0.0301. The summed E-state index contributed by atoms with van der Waals surface area (Å²) in [6.45, 7) is 3.16. The SMILES string of the molecule is CNC(C(C)=O)=C(C)N. The summed E-state index contributed by atoms with van der Waals surface area (Å²) in [6.07, 6.45) is 0. The maximum absolute atomic E-state index is 10.6. The van der Waals surface area contributed by atoms with Crippen molar-refractivity contribution in [3.63, 3.8) is 0 Å². The van der Waals surface area contributed by atoms with E-state index in [1.807, 2.05) is 0 Å². The number of carbonyl (C=O) groups excluding carboxylic acids is 1. The smallest absolute Gasteiger partial charge is 0.177 e. The molecule has 0 spiro atoms. The van der Waals surface area contributed by atoms with E-state index in [9.17, 15) is 4.79 Å². The molecule has 9 heavy (non-hydrogen) atoms. The van der Waals surface area contributed by atoms with Crippen LogP contribution in [0.15, 0.2) is 11.4 Å². The fraction of sp³-hybridized carbons (Fsp3) is 0.500. The van der Waals surface area contributed by atoms with Crippen molar-refractivity contribution in [2.75, 3.05) is 7.05 Å². The number of carbonyl (C=O) groups is 1. The fourth-order valence-corrected chi connectivity index (χ4v) is 0.651. The predicted octanol–water partition coefficient (Wildman–Crippen LogP) is -0.0150. The molecule has 0 bridgehead atoms. The second-order valence-electron chi connectivity index (χ2n) is 1.86. The van der Waals surface area contributed by atoms with Crippen molar-refractivity contribution in [3.8, 4) is 0 Å². The van der Waals surface area contributed by atoms with Gasteiger partial charge in [-0.25, -0.2) is 0 Å². The molecule has 3 heteroatoms. The van der Waals surface area contributed by atoms with E-state index in [0.29, 0.717) is 11.4 Å². The van der Waals surface area contributed by atoms with Crippen LogP contribution in [-0.4, -0.2) is 12.8 Å². The Balaban J connectivity index is 4.35. The summed E-state index contributed by atoms with van der Waals surface area (Å²) in [5, 5.41) is 2.71. The van der Waals surface area contributed by atoms with Gasteiger partial charge >= 0.3 is 0 Å². The van der Waals surface area contributed by atoms with Gasteiger partial charge in [-0.05, 0) is 6.92 Å². The van der Waals surface area contributed by atoms with Crippen LogP contribution in [-0.2, 0) is 4.79 Å². The first-order valence-electron chi connectivity index (χ1n) is 2.74. The first kappa shape index (κ1) is 8.01. The molecule has 0 fully saturated rings. The van der Waals surface area contributed by atoms with Crippen LogP contribution in [0.4, 0.5) is 0 Å². The van der Waals surface area contributed by atoms with Crippen molar-refractivity contribution in [2.24, 2.45) is 5.73 Å². The highest BCUT2D eigenvalue weighted by molar-refractivity contribution is 5.93. The van der Waals surface area contributed by atoms with E-state index < -0.39 is 0 Å². The number of Topliss-reactive ketones (excluding diaryl/α,β-unsaturated/α-hetero) is 1. The van der Waals surface area contributed by atoms with Gasteiger partial charge in [-0.15, -0.1) is 0 Å². The number of ketones is 1. The van der Waals surface area contributed by atoms with Gasteiger partial charge in [-0.2, -0.15) is 0 Å². The molecule has 52 valence electrons. The van der Waals surface area contributed by atoms with Gasteiger partial charge < -0.3 is 11.1 Å². The van der Waals surface area contributed by atoms with E-state index in [0.717, 1.165) is 0 Å². The second-order valence-corrected chi connectivity index (χ2v) is 1.86. The largest absolute Gasteiger partial charge is 0.401 e. The van der Waals surface area contributed by atoms with Crippen LogP contribution < -0.4 is 11.1 Å². The van der Waals surface area contributed by atoms with Crippen LogP contribution in [0.5, 0.6) is 0 Å². The lowest BCUT2D eigenvalue weighted by atomic mass is 10.3. The Bertz CT molecular complexity index is 145. The lowest BCUT2D eigenvalue weighted by molar-refractivity contribution is -0.114. The molecule has 0 saturated heterocycles. The zero-order valence-electron chi connectivity index (χ0n) is 5.99. The summed E-state index contributed by atoms with van der Waals surface area (Å²) in [6, 6.07) is 0. The van der Waals surface area contributed by atoms with Crippen molar-refractivity contribution >= 4 is 5.78 Å². The fourth-order valence-electron chi connectivity index (χ4n) is 0.651. The number of hydrogen-bond acceptors (Lipinski definition) is 3. The number of likely N-dealkylation sites (N-methyl/N-ethyl adjacent to an activating group) is 1. The number of rotatable bonds is 2. The molecule has 0 heterocycles. The van der Waals surface area contributed by atoms with E-state index in [1.54, 1.807) is 14.0 Å². The lowest BCUT2D eigenvalue weighted by Crippen LogP contribution is -2.18. The summed E-state index contributed by atoms with van der Waals surface area (Å²) in [7, 11) is 1.67. The standard InChI is InChI=1S/C6H12N2O/c1-4(7)6(8-3)5(2)9/h8H,7H2,1-3H3. The molecule has 0 amide bonds. The van der Waals surface area contributed by atoms with E-state index >= 15 is 0 Å². The summed E-state index contributed by atoms with van der Waals surface area (Å²) in [5.41, 5.74) is 6.37. The van der Waals surface area contributed by atoms with Gasteiger partial charge in [0.15, 0.2) is 5.78 Å². The predicted molar refractivity (Wildman–Crippen MR) is 36.6 cm³/mol. The minimum atomic E-state index is -0.0301. The first-order chi connectivity index (χ1) is 4.09. The quantitative estimate of drug-likeness (QED) is 0.514. The molecule has 0 aromatic heterocycles. The minimum Gasteiger partial charge on any atom is -0.401 e. The normalized spacial score (nSPS) is 12.3. The Hall–Kier alpha value is -0.990. The number of hydrogen-bond donors (Lipinski definition) is 2. The molecule has 0 aromatic carbocycles. The highest BCUT2D eigenvalue weighted by Crippen LogP contribution is 1.92. The van der Waals surface area contributed by atoms with E-state index in [1.165, 1.54) is 6.92 Å². The zero-order chi connectivity index (χ0) is 7.44. The highest BCUT2D eigenvalue weighted by Gasteiger charge is 2.01. The van der Waals surface area contributed by atoms with Gasteiger partial charge in [0, 0.05) is 19.7 Å². The Morgan fingerprint density at radius 3 is 1.89 bits per heavy atom. The van der Waals surface area contributed by atoms with Crippen LogP contribution in [0.1, 0.15) is 13.8 Å². The third kappa shape index (κ3) is 2.17. The maximum Gasteiger partial charge on any atom is 0.177 e. The van der Waals surface area contributed by atoms with Crippen LogP contribution in [0, 0.1) is 0 Å². The zero-order valence-corrected chi connectivity index (χ0v) is 5.99. The molecular formula is C6H12N2O. The van der Waals surface area contributed by atoms with Crippen LogP contribution in [0.25, 0.3) is 0 Å². The van der Waals surface area contributed by atoms with Gasteiger partial charge in [0.25, 0.3) is 0 Å². The van der Waals surface area contributed by atoms with Crippen molar-refractivity contribution in [1.29, 1.82) is 0 Å². The first-order valence-corrected chi connectivity index (χ1v) is 2.74. The second kappa shape index (κ2) is 3.12. The molecule has 0 radical (unpaired) electrons. The Labute approximate surface area is 54.9 Å². The van der Waals surface area contributed by atoms with Crippen LogP contribution in [0.3, 0.4) is 0 Å². The van der Waals surface area contributed by atoms with Gasteiger partial charge in [0.2, 0.25) is 0 Å². The van der Waals surface area contributed by atoms with E-state index in [2.05, 4.69) is 5.32 Å². The lowest BCUT2D eigenvalue weighted by Gasteiger charge is -2.02. The molecule has 0 saturated carbocycles. The van der Waals surface area contributed by atoms with Crippen LogP contribution >= 0.6 is 0 Å². The minimum absolute atomic E-state index is 0.0301. The molecule has 3 nitrogen and oxygen atoms in total. The summed E-state index contributed by atoms with van der Waals surface area (Å²) >= 11 is 0. The molecule has 0 atom stereocenters. The van der Waals surface area contributed by atoms with Crippen LogP contribution in [0.2, 0.25) is 0 Å². The van der Waals surface area contributed by atoms with Gasteiger partial charge in [0.05, 0.1) is 5.70 Å². The summed E-state index contributed by atoms with van der Waals surface area (Å²) in [4.78, 5) is 10.6. The Morgan fingerprint density at radius 2 is 1.89 bits per heavy atom. The van der Waals surface area contributed by atoms with Gasteiger partial charge in [0.1, 0.15) is 0 Å². The Morgan fingerprint density at radius 1 is 1.44 bits per heavy atom. The van der Waals surface area contributed by atoms with Gasteiger partial charge in [-0.3, -0.25) is 4.79 Å². The molecule has 0 aliphatic rings. The Kier molecular flexibility index (Phi) is 2.78. The average Bonchev–Trinajstić information content (AvgIpc) is 1.64. The monoisotopic (exact) mass is 128 g/mol. The van der Waals surface area contributed by atoms with Crippen molar-refractivity contribution in [3.05, 3.63) is 11.4 Å². The number of allylic oxidation sites excluding steroid dienone is 2. The van der Waals surface area contributed by atoms with Gasteiger partial charge in [-0.1, -0.05) is 0 Å². The highest BCUT2D eigenvalue weighted by atomic mass is 16.1.